The molecule has 0 aliphatic rings. The number of rotatable bonds is 7. The highest BCUT2D eigenvalue weighted by Gasteiger charge is 2.14. The van der Waals surface area contributed by atoms with Crippen LogP contribution in [0, 0.1) is 13.8 Å². The maximum absolute atomic E-state index is 9.16. The van der Waals surface area contributed by atoms with Crippen molar-refractivity contribution in [2.45, 2.75) is 20.4 Å². The summed E-state index contributed by atoms with van der Waals surface area (Å²) in [7, 11) is 1.92. The van der Waals surface area contributed by atoms with Gasteiger partial charge in [-0.2, -0.15) is 0 Å². The lowest BCUT2D eigenvalue weighted by Gasteiger charge is -2.25. The third-order valence-corrected chi connectivity index (χ3v) is 2.83. The Labute approximate surface area is 109 Å². The van der Waals surface area contributed by atoms with Gasteiger partial charge in [-0.1, -0.05) is 6.08 Å². The van der Waals surface area contributed by atoms with E-state index in [0.717, 1.165) is 18.1 Å². The van der Waals surface area contributed by atoms with Crippen LogP contribution in [-0.4, -0.2) is 36.8 Å². The van der Waals surface area contributed by atoms with Crippen LogP contribution in [0.2, 0.25) is 0 Å². The van der Waals surface area contributed by atoms with Gasteiger partial charge in [0.2, 0.25) is 0 Å². The van der Waals surface area contributed by atoms with Crippen LogP contribution in [0.3, 0.4) is 0 Å². The van der Waals surface area contributed by atoms with E-state index in [1.807, 2.05) is 20.0 Å². The zero-order valence-electron chi connectivity index (χ0n) is 11.5. The molecule has 1 aromatic rings. The van der Waals surface area contributed by atoms with Gasteiger partial charge in [0.15, 0.2) is 0 Å². The summed E-state index contributed by atoms with van der Waals surface area (Å²) in [6.45, 7) is 9.99. The van der Waals surface area contributed by atoms with E-state index < -0.39 is 0 Å². The van der Waals surface area contributed by atoms with Crippen molar-refractivity contribution in [2.75, 3.05) is 31.6 Å². The van der Waals surface area contributed by atoms with E-state index in [-0.39, 0.29) is 6.61 Å². The van der Waals surface area contributed by atoms with Crippen LogP contribution < -0.4 is 10.2 Å². The largest absolute Gasteiger partial charge is 0.395 e. The molecule has 0 radical (unpaired) electrons. The molecule has 0 unspecified atom stereocenters. The van der Waals surface area contributed by atoms with Gasteiger partial charge in [0.1, 0.15) is 5.82 Å². The predicted molar refractivity (Wildman–Crippen MR) is 76.0 cm³/mol. The zero-order chi connectivity index (χ0) is 13.5. The number of pyridine rings is 1. The van der Waals surface area contributed by atoms with Gasteiger partial charge in [-0.3, -0.25) is 0 Å². The van der Waals surface area contributed by atoms with E-state index in [0.29, 0.717) is 13.1 Å². The molecule has 0 amide bonds. The fourth-order valence-corrected chi connectivity index (χ4v) is 2.06. The van der Waals surface area contributed by atoms with Crippen LogP contribution in [0.1, 0.15) is 16.8 Å². The quantitative estimate of drug-likeness (QED) is 0.717. The Morgan fingerprint density at radius 1 is 1.50 bits per heavy atom. The highest BCUT2D eigenvalue weighted by molar-refractivity contribution is 5.52. The summed E-state index contributed by atoms with van der Waals surface area (Å²) < 4.78 is 0. The Hall–Kier alpha value is -1.39. The van der Waals surface area contributed by atoms with Crippen molar-refractivity contribution < 1.29 is 5.11 Å². The average molecular weight is 249 g/mol. The average Bonchev–Trinajstić information content (AvgIpc) is 2.32. The normalized spacial score (nSPS) is 10.4. The first-order chi connectivity index (χ1) is 8.63. The number of anilines is 1. The molecule has 4 heteroatoms. The Balaban J connectivity index is 3.20. The minimum absolute atomic E-state index is 0.113. The van der Waals surface area contributed by atoms with E-state index >= 15 is 0 Å². The third kappa shape index (κ3) is 3.55. The molecular weight excluding hydrogens is 226 g/mol. The first kappa shape index (κ1) is 14.7. The number of aromatic nitrogens is 1. The first-order valence-electron chi connectivity index (χ1n) is 6.22. The number of aliphatic hydroxyl groups is 1. The SMILES string of the molecule is C=CCN(CCO)c1nc(C)cc(C)c1CNC. The van der Waals surface area contributed by atoms with E-state index in [9.17, 15) is 0 Å². The van der Waals surface area contributed by atoms with Crippen molar-refractivity contribution in [3.05, 3.63) is 35.5 Å². The minimum atomic E-state index is 0.113. The summed E-state index contributed by atoms with van der Waals surface area (Å²) in [6, 6.07) is 2.08. The molecule has 1 rings (SSSR count). The van der Waals surface area contributed by atoms with Crippen molar-refractivity contribution in [3.63, 3.8) is 0 Å². The fourth-order valence-electron chi connectivity index (χ4n) is 2.06. The van der Waals surface area contributed by atoms with Crippen molar-refractivity contribution in [1.82, 2.24) is 10.3 Å². The maximum Gasteiger partial charge on any atom is 0.133 e. The van der Waals surface area contributed by atoms with Gasteiger partial charge in [0.25, 0.3) is 0 Å². The molecule has 0 aliphatic heterocycles. The summed E-state index contributed by atoms with van der Waals surface area (Å²) in [5.74, 6) is 0.941. The van der Waals surface area contributed by atoms with Crippen LogP contribution in [0.15, 0.2) is 18.7 Å². The second-order valence-electron chi connectivity index (χ2n) is 4.37. The van der Waals surface area contributed by atoms with Crippen molar-refractivity contribution in [1.29, 1.82) is 0 Å². The molecule has 1 aromatic heterocycles. The second kappa shape index (κ2) is 7.13. The van der Waals surface area contributed by atoms with Gasteiger partial charge in [0.05, 0.1) is 6.61 Å². The lowest BCUT2D eigenvalue weighted by Crippen LogP contribution is -2.30. The molecule has 0 spiro atoms. The molecule has 0 bridgehead atoms. The number of aryl methyl sites for hydroxylation is 2. The molecule has 0 saturated heterocycles. The molecule has 4 nitrogen and oxygen atoms in total. The summed E-state index contributed by atoms with van der Waals surface area (Å²) in [6.07, 6.45) is 1.83. The van der Waals surface area contributed by atoms with Crippen LogP contribution in [0.5, 0.6) is 0 Å². The monoisotopic (exact) mass is 249 g/mol. The van der Waals surface area contributed by atoms with Crippen molar-refractivity contribution in [3.8, 4) is 0 Å². The number of nitrogens with zero attached hydrogens (tertiary/aromatic N) is 2. The Kier molecular flexibility index (Phi) is 5.82. The Morgan fingerprint density at radius 2 is 2.22 bits per heavy atom. The van der Waals surface area contributed by atoms with E-state index in [2.05, 4.69) is 34.8 Å². The van der Waals surface area contributed by atoms with Gasteiger partial charge < -0.3 is 15.3 Å². The Bertz CT molecular complexity index is 404. The molecular formula is C14H23N3O. The van der Waals surface area contributed by atoms with Gasteiger partial charge in [-0.15, -0.1) is 6.58 Å². The summed E-state index contributed by atoms with van der Waals surface area (Å²) in [5, 5.41) is 12.3. The standard InChI is InChI=1S/C14H23N3O/c1-5-6-17(7-8-18)14-13(10-15-4)11(2)9-12(3)16-14/h5,9,15,18H,1,6-8,10H2,2-4H3. The van der Waals surface area contributed by atoms with Gasteiger partial charge >= 0.3 is 0 Å². The van der Waals surface area contributed by atoms with E-state index in [4.69, 9.17) is 5.11 Å². The maximum atomic E-state index is 9.16. The molecule has 1 heterocycles. The highest BCUT2D eigenvalue weighted by Crippen LogP contribution is 2.22. The number of hydrogen-bond donors (Lipinski definition) is 2. The van der Waals surface area contributed by atoms with Crippen LogP contribution in [0.25, 0.3) is 0 Å². The summed E-state index contributed by atoms with van der Waals surface area (Å²) >= 11 is 0. The molecule has 0 saturated carbocycles. The van der Waals surface area contributed by atoms with Gasteiger partial charge in [0, 0.05) is 30.9 Å². The lowest BCUT2D eigenvalue weighted by atomic mass is 10.1. The highest BCUT2D eigenvalue weighted by atomic mass is 16.3. The molecule has 2 N–H and O–H groups in total. The summed E-state index contributed by atoms with van der Waals surface area (Å²) in [4.78, 5) is 6.67. The van der Waals surface area contributed by atoms with Crippen molar-refractivity contribution in [2.24, 2.45) is 0 Å². The molecule has 0 aliphatic carbocycles. The molecule has 0 aromatic carbocycles. The molecule has 0 fully saturated rings. The second-order valence-corrected chi connectivity index (χ2v) is 4.37. The molecule has 18 heavy (non-hydrogen) atoms. The number of aliphatic hydroxyl groups excluding tert-OH is 1. The van der Waals surface area contributed by atoms with E-state index in [1.54, 1.807) is 0 Å². The lowest BCUT2D eigenvalue weighted by molar-refractivity contribution is 0.302. The van der Waals surface area contributed by atoms with Crippen LogP contribution in [-0.2, 0) is 6.54 Å². The number of hydrogen-bond acceptors (Lipinski definition) is 4. The van der Waals surface area contributed by atoms with E-state index in [1.165, 1.54) is 11.1 Å². The zero-order valence-corrected chi connectivity index (χ0v) is 11.5. The fraction of sp³-hybridized carbons (Fsp3) is 0.500. The van der Waals surface area contributed by atoms with Crippen LogP contribution in [0.4, 0.5) is 5.82 Å². The third-order valence-electron chi connectivity index (χ3n) is 2.83. The molecule has 100 valence electrons. The minimum Gasteiger partial charge on any atom is -0.395 e. The Morgan fingerprint density at radius 3 is 2.78 bits per heavy atom. The van der Waals surface area contributed by atoms with Crippen LogP contribution >= 0.6 is 0 Å². The van der Waals surface area contributed by atoms with Crippen molar-refractivity contribution >= 4 is 5.82 Å². The van der Waals surface area contributed by atoms with Gasteiger partial charge in [-0.25, -0.2) is 4.98 Å². The van der Waals surface area contributed by atoms with Gasteiger partial charge in [-0.05, 0) is 32.5 Å². The first-order valence-corrected chi connectivity index (χ1v) is 6.22. The number of nitrogens with one attached hydrogen (secondary N) is 1. The summed E-state index contributed by atoms with van der Waals surface area (Å²) in [5.41, 5.74) is 3.40. The molecule has 0 atom stereocenters. The predicted octanol–water partition coefficient (Wildman–Crippen LogP) is 1.40. The topological polar surface area (TPSA) is 48.4 Å². The smallest absolute Gasteiger partial charge is 0.133 e.